The highest BCUT2D eigenvalue weighted by atomic mass is 16.2. The zero-order valence-electron chi connectivity index (χ0n) is 24.1. The molecule has 1 saturated heterocycles. The number of nitrogens with zero attached hydrogens (tertiary/aromatic N) is 5. The predicted molar refractivity (Wildman–Crippen MR) is 166 cm³/mol. The van der Waals surface area contributed by atoms with Gasteiger partial charge in [-0.25, -0.2) is 9.78 Å². The number of anilines is 3. The van der Waals surface area contributed by atoms with Gasteiger partial charge in [-0.3, -0.25) is 9.69 Å². The largest absolute Gasteiger partial charge is 0.360 e. The third-order valence-electron chi connectivity index (χ3n) is 7.74. The third-order valence-corrected chi connectivity index (χ3v) is 7.74. The molecule has 0 radical (unpaired) electrons. The molecular formula is C33H38N6O2. The number of urea groups is 1. The maximum absolute atomic E-state index is 13.4. The smallest absolute Gasteiger partial charge is 0.324 e. The molecule has 8 nitrogen and oxygen atoms in total. The average molecular weight is 551 g/mol. The number of amides is 2. The van der Waals surface area contributed by atoms with E-state index in [1.54, 1.807) is 7.05 Å². The first kappa shape index (κ1) is 28.0. The summed E-state index contributed by atoms with van der Waals surface area (Å²) in [5.74, 6) is 0.919. The van der Waals surface area contributed by atoms with Crippen molar-refractivity contribution in [1.82, 2.24) is 14.9 Å². The van der Waals surface area contributed by atoms with Crippen molar-refractivity contribution in [3.63, 3.8) is 0 Å². The van der Waals surface area contributed by atoms with Crippen LogP contribution in [0, 0.1) is 6.92 Å². The van der Waals surface area contributed by atoms with Crippen LogP contribution >= 0.6 is 0 Å². The summed E-state index contributed by atoms with van der Waals surface area (Å²) < 4.78 is 0. The van der Waals surface area contributed by atoms with Crippen molar-refractivity contribution in [2.24, 2.45) is 0 Å². The van der Waals surface area contributed by atoms with Crippen LogP contribution in [0.5, 0.6) is 0 Å². The summed E-state index contributed by atoms with van der Waals surface area (Å²) in [6.07, 6.45) is 2.62. The molecule has 0 aliphatic carbocycles. The Labute approximate surface area is 241 Å². The number of hydrogen-bond donors (Lipinski definition) is 1. The van der Waals surface area contributed by atoms with Crippen molar-refractivity contribution in [2.75, 3.05) is 47.9 Å². The summed E-state index contributed by atoms with van der Waals surface area (Å²) in [5.41, 5.74) is 5.53. The summed E-state index contributed by atoms with van der Waals surface area (Å²) in [4.78, 5) is 41.7. The minimum atomic E-state index is -0.246. The van der Waals surface area contributed by atoms with E-state index < -0.39 is 0 Å². The number of aromatic nitrogens is 2. The average Bonchev–Trinajstić information content (AvgIpc) is 3.01. The van der Waals surface area contributed by atoms with Crippen LogP contribution < -0.4 is 20.3 Å². The number of pyridine rings is 2. The molecule has 2 aromatic carbocycles. The molecule has 0 bridgehead atoms. The standard InChI is InChI=1S/C33H38N6O2/c1-4-28-22-30(32(40)35-25(28)2)36(3)33(41)38-20-18-37(19-21-38)31-29(16-11-17-34-31)39(23-26-12-7-5-8-13-26)24-27-14-9-6-10-15-27/h5-17,22H,4,18-21,23-24H2,1-3H3,(H,35,40). The lowest BCUT2D eigenvalue weighted by Crippen LogP contribution is -2.53. The number of aryl methyl sites for hydroxylation is 2. The molecule has 5 rings (SSSR count). The summed E-state index contributed by atoms with van der Waals surface area (Å²) in [6.45, 7) is 7.82. The molecule has 212 valence electrons. The van der Waals surface area contributed by atoms with Gasteiger partial charge < -0.3 is 19.7 Å². The lowest BCUT2D eigenvalue weighted by Gasteiger charge is -2.38. The second-order valence-electron chi connectivity index (χ2n) is 10.5. The van der Waals surface area contributed by atoms with Crippen LogP contribution in [0.1, 0.15) is 29.3 Å². The van der Waals surface area contributed by atoms with Crippen LogP contribution in [0.15, 0.2) is 89.9 Å². The van der Waals surface area contributed by atoms with E-state index in [9.17, 15) is 9.59 Å². The number of carbonyl (C=O) groups excluding carboxylic acids is 1. The Balaban J connectivity index is 1.33. The highest BCUT2D eigenvalue weighted by Crippen LogP contribution is 2.30. The summed E-state index contributed by atoms with van der Waals surface area (Å²) >= 11 is 0. The highest BCUT2D eigenvalue weighted by Gasteiger charge is 2.28. The Hall–Kier alpha value is -4.59. The van der Waals surface area contributed by atoms with Gasteiger partial charge in [-0.2, -0.15) is 0 Å². The fourth-order valence-corrected chi connectivity index (χ4v) is 5.41. The second kappa shape index (κ2) is 12.7. The van der Waals surface area contributed by atoms with Crippen molar-refractivity contribution < 1.29 is 4.79 Å². The molecule has 0 atom stereocenters. The van der Waals surface area contributed by atoms with Crippen molar-refractivity contribution in [1.29, 1.82) is 0 Å². The summed E-state index contributed by atoms with van der Waals surface area (Å²) in [7, 11) is 1.68. The van der Waals surface area contributed by atoms with Crippen LogP contribution in [0.4, 0.5) is 22.0 Å². The Morgan fingerprint density at radius 2 is 1.49 bits per heavy atom. The maximum atomic E-state index is 13.4. The van der Waals surface area contributed by atoms with Crippen molar-refractivity contribution in [3.05, 3.63) is 118 Å². The molecule has 3 heterocycles. The fourth-order valence-electron chi connectivity index (χ4n) is 5.41. The molecule has 2 aromatic heterocycles. The number of aromatic amines is 1. The molecule has 2 amide bonds. The van der Waals surface area contributed by atoms with Gasteiger partial charge in [-0.15, -0.1) is 0 Å². The second-order valence-corrected chi connectivity index (χ2v) is 10.5. The van der Waals surface area contributed by atoms with E-state index in [4.69, 9.17) is 4.98 Å². The molecule has 1 N–H and O–H groups in total. The van der Waals surface area contributed by atoms with Gasteiger partial charge in [0.2, 0.25) is 0 Å². The number of carbonyl (C=O) groups is 1. The normalized spacial score (nSPS) is 13.2. The van der Waals surface area contributed by atoms with Gasteiger partial charge in [0.15, 0.2) is 5.82 Å². The molecule has 41 heavy (non-hydrogen) atoms. The van der Waals surface area contributed by atoms with Crippen molar-refractivity contribution >= 4 is 23.2 Å². The van der Waals surface area contributed by atoms with Gasteiger partial charge in [-0.05, 0) is 48.2 Å². The zero-order valence-corrected chi connectivity index (χ0v) is 24.1. The Morgan fingerprint density at radius 3 is 2.07 bits per heavy atom. The monoisotopic (exact) mass is 550 g/mol. The van der Waals surface area contributed by atoms with Crippen LogP contribution in [-0.4, -0.2) is 54.1 Å². The van der Waals surface area contributed by atoms with E-state index in [0.29, 0.717) is 31.9 Å². The molecule has 0 spiro atoms. The first-order valence-corrected chi connectivity index (χ1v) is 14.2. The minimum Gasteiger partial charge on any atom is -0.360 e. The van der Waals surface area contributed by atoms with E-state index >= 15 is 0 Å². The van der Waals surface area contributed by atoms with Crippen molar-refractivity contribution in [2.45, 2.75) is 33.4 Å². The number of rotatable bonds is 8. The van der Waals surface area contributed by atoms with E-state index in [-0.39, 0.29) is 11.6 Å². The molecule has 0 unspecified atom stereocenters. The lowest BCUT2D eigenvalue weighted by atomic mass is 10.1. The van der Waals surface area contributed by atoms with Gasteiger partial charge >= 0.3 is 6.03 Å². The molecule has 0 saturated carbocycles. The van der Waals surface area contributed by atoms with Crippen molar-refractivity contribution in [3.8, 4) is 0 Å². The first-order valence-electron chi connectivity index (χ1n) is 14.2. The van der Waals surface area contributed by atoms with Crippen LogP contribution in [0.2, 0.25) is 0 Å². The van der Waals surface area contributed by atoms with Gasteiger partial charge in [0.25, 0.3) is 5.56 Å². The van der Waals surface area contributed by atoms with E-state index in [1.165, 1.54) is 16.0 Å². The zero-order chi connectivity index (χ0) is 28.8. The quantitative estimate of drug-likeness (QED) is 0.325. The summed E-state index contributed by atoms with van der Waals surface area (Å²) in [5, 5.41) is 0. The van der Waals surface area contributed by atoms with Crippen LogP contribution in [0.3, 0.4) is 0 Å². The first-order chi connectivity index (χ1) is 19.9. The van der Waals surface area contributed by atoms with Crippen LogP contribution in [0.25, 0.3) is 0 Å². The fraction of sp³-hybridized carbons (Fsp3) is 0.303. The number of benzene rings is 2. The lowest BCUT2D eigenvalue weighted by molar-refractivity contribution is 0.202. The number of H-pyrrole nitrogens is 1. The number of nitrogens with one attached hydrogen (secondary N) is 1. The van der Waals surface area contributed by atoms with E-state index in [1.807, 2.05) is 49.2 Å². The van der Waals surface area contributed by atoms with Gasteiger partial charge in [0.1, 0.15) is 5.69 Å². The predicted octanol–water partition coefficient (Wildman–Crippen LogP) is 5.23. The van der Waals surface area contributed by atoms with Crippen LogP contribution in [-0.2, 0) is 19.5 Å². The Kier molecular flexibility index (Phi) is 8.67. The highest BCUT2D eigenvalue weighted by molar-refractivity contribution is 5.91. The molecule has 1 fully saturated rings. The number of hydrogen-bond acceptors (Lipinski definition) is 5. The number of piperazine rings is 1. The SMILES string of the molecule is CCc1cc(N(C)C(=O)N2CCN(c3ncccc3N(Cc3ccccc3)Cc3ccccc3)CC2)c(=O)[nH]c1C. The molecule has 1 aliphatic rings. The molecule has 4 aromatic rings. The molecular weight excluding hydrogens is 512 g/mol. The molecule has 8 heteroatoms. The van der Waals surface area contributed by atoms with Gasteiger partial charge in [-0.1, -0.05) is 67.6 Å². The molecule has 1 aliphatic heterocycles. The van der Waals surface area contributed by atoms with E-state index in [0.717, 1.165) is 42.3 Å². The Bertz CT molecular complexity index is 1470. The van der Waals surface area contributed by atoms with Gasteiger partial charge in [0.05, 0.1) is 5.69 Å². The Morgan fingerprint density at radius 1 is 0.878 bits per heavy atom. The van der Waals surface area contributed by atoms with E-state index in [2.05, 4.69) is 69.4 Å². The summed E-state index contributed by atoms with van der Waals surface area (Å²) in [6, 6.07) is 26.7. The minimum absolute atomic E-state index is 0.169. The van der Waals surface area contributed by atoms with Gasteiger partial charge in [0, 0.05) is 58.2 Å². The maximum Gasteiger partial charge on any atom is 0.324 e. The topological polar surface area (TPSA) is 75.8 Å². The third kappa shape index (κ3) is 6.43.